The van der Waals surface area contributed by atoms with Gasteiger partial charge in [0.05, 0.1) is 22.4 Å². The molecule has 2 heterocycles. The topological polar surface area (TPSA) is 90.1 Å². The highest BCUT2D eigenvalue weighted by atomic mass is 32.1. The van der Waals surface area contributed by atoms with Crippen molar-refractivity contribution in [1.82, 2.24) is 4.57 Å². The van der Waals surface area contributed by atoms with E-state index in [1.165, 1.54) is 15.9 Å². The third-order valence-corrected chi connectivity index (χ3v) is 7.05. The summed E-state index contributed by atoms with van der Waals surface area (Å²) >= 11 is 1.23. The number of aliphatic carboxylic acids is 1. The van der Waals surface area contributed by atoms with Gasteiger partial charge in [0.1, 0.15) is 23.6 Å². The zero-order chi connectivity index (χ0) is 25.9. The minimum Gasteiger partial charge on any atom is -0.493 e. The van der Waals surface area contributed by atoms with Crippen molar-refractivity contribution < 1.29 is 19.4 Å². The Labute approximate surface area is 212 Å². The second kappa shape index (κ2) is 10.3. The number of allylic oxidation sites excluding steroid dienone is 1. The molecule has 8 heteroatoms. The molecule has 1 atom stereocenters. The van der Waals surface area contributed by atoms with Crippen LogP contribution in [0.25, 0.3) is 6.08 Å². The van der Waals surface area contributed by atoms with E-state index in [2.05, 4.69) is 10.9 Å². The number of terminal acetylenes is 1. The van der Waals surface area contributed by atoms with Gasteiger partial charge in [-0.1, -0.05) is 54.5 Å². The van der Waals surface area contributed by atoms with Crippen LogP contribution in [0, 0.1) is 12.3 Å². The van der Waals surface area contributed by atoms with Crippen LogP contribution in [-0.2, 0) is 10.3 Å². The molecule has 1 aliphatic rings. The van der Waals surface area contributed by atoms with E-state index in [1.807, 2.05) is 44.2 Å². The molecular weight excluding hydrogens is 476 g/mol. The van der Waals surface area contributed by atoms with Crippen molar-refractivity contribution in [1.29, 1.82) is 0 Å². The van der Waals surface area contributed by atoms with E-state index in [0.717, 1.165) is 5.56 Å². The number of carboxylic acid groups (broad SMARTS) is 1. The molecular formula is C28H26N2O5S. The van der Waals surface area contributed by atoms with Crippen molar-refractivity contribution in [2.24, 2.45) is 4.99 Å². The molecule has 36 heavy (non-hydrogen) atoms. The normalized spacial score (nSPS) is 17.2. The molecule has 0 bridgehead atoms. The fourth-order valence-electron chi connectivity index (χ4n) is 4.63. The van der Waals surface area contributed by atoms with E-state index in [0.29, 0.717) is 45.1 Å². The molecule has 1 N–H and O–H groups in total. The van der Waals surface area contributed by atoms with Crippen LogP contribution in [0.4, 0.5) is 0 Å². The third-order valence-electron chi connectivity index (χ3n) is 6.08. The van der Waals surface area contributed by atoms with Crippen LogP contribution in [0.15, 0.2) is 69.6 Å². The van der Waals surface area contributed by atoms with Crippen molar-refractivity contribution >= 4 is 23.4 Å². The van der Waals surface area contributed by atoms with Crippen molar-refractivity contribution in [3.05, 3.63) is 90.6 Å². The van der Waals surface area contributed by atoms with Crippen LogP contribution < -0.4 is 24.4 Å². The minimum absolute atomic E-state index is 0.0612. The van der Waals surface area contributed by atoms with Gasteiger partial charge >= 0.3 is 5.97 Å². The number of aromatic nitrogens is 1. The predicted octanol–water partition coefficient (Wildman–Crippen LogP) is 3.29. The monoisotopic (exact) mass is 502 g/mol. The Morgan fingerprint density at radius 2 is 1.92 bits per heavy atom. The fraction of sp³-hybridized carbons (Fsp3) is 0.250. The molecule has 1 aromatic heterocycles. The number of thiazole rings is 1. The number of carbonyl (C=O) groups is 1. The summed E-state index contributed by atoms with van der Waals surface area (Å²) in [5, 5.41) is 10.3. The fourth-order valence-corrected chi connectivity index (χ4v) is 5.72. The number of rotatable bonds is 8. The van der Waals surface area contributed by atoms with E-state index >= 15 is 0 Å². The van der Waals surface area contributed by atoms with Gasteiger partial charge in [0.15, 0.2) is 4.80 Å². The SMILES string of the molecule is C#CCOc1ccc(C=c2sc3n(c2=O)C(CC)(c2ccccc2OCC)C(C(=O)O)=C(C)N=3)cc1. The molecule has 3 aromatic rings. The van der Waals surface area contributed by atoms with Crippen molar-refractivity contribution in [3.8, 4) is 23.8 Å². The van der Waals surface area contributed by atoms with Crippen LogP contribution >= 0.6 is 11.3 Å². The maximum Gasteiger partial charge on any atom is 0.336 e. The van der Waals surface area contributed by atoms with Gasteiger partial charge in [0.2, 0.25) is 0 Å². The highest BCUT2D eigenvalue weighted by Gasteiger charge is 2.47. The average molecular weight is 503 g/mol. The Bertz CT molecular complexity index is 1560. The number of benzene rings is 2. The molecule has 0 saturated heterocycles. The first-order chi connectivity index (χ1) is 17.4. The number of hydrogen-bond acceptors (Lipinski definition) is 6. The van der Waals surface area contributed by atoms with Crippen LogP contribution in [-0.4, -0.2) is 28.9 Å². The average Bonchev–Trinajstić information content (AvgIpc) is 3.17. The summed E-state index contributed by atoms with van der Waals surface area (Å²) < 4.78 is 13.3. The molecule has 1 aliphatic heterocycles. The van der Waals surface area contributed by atoms with E-state index in [4.69, 9.17) is 15.9 Å². The maximum absolute atomic E-state index is 13.9. The molecule has 0 spiro atoms. The zero-order valence-corrected chi connectivity index (χ0v) is 21.1. The first-order valence-corrected chi connectivity index (χ1v) is 12.3. The Hall–Kier alpha value is -4.09. The lowest BCUT2D eigenvalue weighted by Crippen LogP contribution is -2.52. The number of hydrogen-bond donors (Lipinski definition) is 1. The van der Waals surface area contributed by atoms with Gasteiger partial charge in [-0.3, -0.25) is 9.36 Å². The van der Waals surface area contributed by atoms with Gasteiger partial charge in [0.25, 0.3) is 5.56 Å². The minimum atomic E-state index is -1.29. The highest BCUT2D eigenvalue weighted by molar-refractivity contribution is 7.07. The molecule has 0 amide bonds. The van der Waals surface area contributed by atoms with E-state index in [1.54, 1.807) is 31.2 Å². The Morgan fingerprint density at radius 1 is 1.19 bits per heavy atom. The molecule has 4 rings (SSSR count). The lowest BCUT2D eigenvalue weighted by Gasteiger charge is -2.38. The molecule has 0 fully saturated rings. The summed E-state index contributed by atoms with van der Waals surface area (Å²) in [6, 6.07) is 14.5. The van der Waals surface area contributed by atoms with Crippen molar-refractivity contribution in [2.75, 3.05) is 13.2 Å². The first-order valence-electron chi connectivity index (χ1n) is 11.5. The van der Waals surface area contributed by atoms with Crippen LogP contribution in [0.2, 0.25) is 0 Å². The molecule has 0 saturated carbocycles. The van der Waals surface area contributed by atoms with Crippen molar-refractivity contribution in [3.63, 3.8) is 0 Å². The zero-order valence-electron chi connectivity index (χ0n) is 20.3. The second-order valence-corrected chi connectivity index (χ2v) is 9.13. The predicted molar refractivity (Wildman–Crippen MR) is 139 cm³/mol. The summed E-state index contributed by atoms with van der Waals surface area (Å²) in [5.41, 5.74) is 0.226. The Morgan fingerprint density at radius 3 is 2.56 bits per heavy atom. The molecule has 184 valence electrons. The largest absolute Gasteiger partial charge is 0.493 e. The van der Waals surface area contributed by atoms with Gasteiger partial charge in [-0.05, 0) is 50.1 Å². The van der Waals surface area contributed by atoms with Crippen molar-refractivity contribution in [2.45, 2.75) is 32.7 Å². The highest BCUT2D eigenvalue weighted by Crippen LogP contribution is 2.43. The Balaban J connectivity index is 1.98. The summed E-state index contributed by atoms with van der Waals surface area (Å²) in [5.74, 6) is 2.46. The molecule has 2 aromatic carbocycles. The summed E-state index contributed by atoms with van der Waals surface area (Å²) in [6.45, 7) is 5.98. The van der Waals surface area contributed by atoms with Gasteiger partial charge < -0.3 is 14.6 Å². The standard InChI is InChI=1S/C28H26N2O5S/c1-5-16-35-20-14-12-19(13-15-20)17-23-25(31)30-27(36-23)29-18(4)24(26(32)33)28(30,6-2)21-10-8-9-11-22(21)34-7-3/h1,8-15,17H,6-7,16H2,2-4H3,(H,32,33). The molecule has 0 aliphatic carbocycles. The number of carboxylic acids is 1. The molecule has 1 unspecified atom stereocenters. The molecule has 0 radical (unpaired) electrons. The number of fused-ring (bicyclic) bond motifs is 1. The third kappa shape index (κ3) is 4.23. The lowest BCUT2D eigenvalue weighted by atomic mass is 9.77. The summed E-state index contributed by atoms with van der Waals surface area (Å²) in [6.07, 6.45) is 7.32. The Kier molecular flexibility index (Phi) is 7.13. The van der Waals surface area contributed by atoms with Crippen LogP contribution in [0.3, 0.4) is 0 Å². The number of para-hydroxylation sites is 1. The summed E-state index contributed by atoms with van der Waals surface area (Å²) in [7, 11) is 0. The van der Waals surface area contributed by atoms with Gasteiger partial charge in [0, 0.05) is 5.56 Å². The first kappa shape index (κ1) is 25.0. The van der Waals surface area contributed by atoms with Gasteiger partial charge in [-0.2, -0.15) is 0 Å². The quantitative estimate of drug-likeness (QED) is 0.478. The van der Waals surface area contributed by atoms with Crippen LogP contribution in [0.1, 0.15) is 38.3 Å². The van der Waals surface area contributed by atoms with Crippen LogP contribution in [0.5, 0.6) is 11.5 Å². The second-order valence-electron chi connectivity index (χ2n) is 8.12. The number of ether oxygens (including phenoxy) is 2. The molecule has 7 nitrogen and oxygen atoms in total. The van der Waals surface area contributed by atoms with Gasteiger partial charge in [-0.15, -0.1) is 6.42 Å². The smallest absolute Gasteiger partial charge is 0.336 e. The van der Waals surface area contributed by atoms with E-state index < -0.39 is 11.5 Å². The van der Waals surface area contributed by atoms with E-state index in [9.17, 15) is 14.7 Å². The summed E-state index contributed by atoms with van der Waals surface area (Å²) in [4.78, 5) is 31.5. The van der Waals surface area contributed by atoms with Gasteiger partial charge in [-0.25, -0.2) is 9.79 Å². The number of nitrogens with zero attached hydrogens (tertiary/aromatic N) is 2. The maximum atomic E-state index is 13.9. The lowest BCUT2D eigenvalue weighted by molar-refractivity contribution is -0.133. The van der Waals surface area contributed by atoms with E-state index in [-0.39, 0.29) is 17.7 Å².